The van der Waals surface area contributed by atoms with E-state index in [-0.39, 0.29) is 5.57 Å². The van der Waals surface area contributed by atoms with Crippen LogP contribution < -0.4 is 4.74 Å². The first-order valence-electron chi connectivity index (χ1n) is 10.1. The Hall–Kier alpha value is -3.54. The minimum Gasteiger partial charge on any atom is -0.497 e. The first-order valence-corrected chi connectivity index (χ1v) is 10.8. The molecule has 0 spiro atoms. The summed E-state index contributed by atoms with van der Waals surface area (Å²) in [5, 5.41) is 15.4. The molecule has 0 saturated carbocycles. The van der Waals surface area contributed by atoms with Crippen LogP contribution in [0.1, 0.15) is 16.8 Å². The van der Waals surface area contributed by atoms with Crippen LogP contribution in [0.15, 0.2) is 72.8 Å². The van der Waals surface area contributed by atoms with Crippen molar-refractivity contribution >= 4 is 40.8 Å². The lowest BCUT2D eigenvalue weighted by Gasteiger charge is -2.09. The van der Waals surface area contributed by atoms with Crippen molar-refractivity contribution in [3.8, 4) is 22.7 Å². The standard InChI is InChI=1S/C26H20Cl2N2O3/c1-16-3-5-17(6-4-16)22(26(31)32)14-19-15-25(18-7-12-23(27)24(28)13-18)30(29-19)20-8-10-21(33-2)11-9-20/h3-15H,1-2H3,(H,31,32)/b22-14-. The summed E-state index contributed by atoms with van der Waals surface area (Å²) in [6.45, 7) is 1.95. The van der Waals surface area contributed by atoms with E-state index in [9.17, 15) is 9.90 Å². The molecule has 0 aliphatic carbocycles. The topological polar surface area (TPSA) is 64.4 Å². The van der Waals surface area contributed by atoms with Crippen molar-refractivity contribution in [2.24, 2.45) is 0 Å². The van der Waals surface area contributed by atoms with Crippen molar-refractivity contribution in [2.75, 3.05) is 7.11 Å². The summed E-state index contributed by atoms with van der Waals surface area (Å²) in [6, 6.07) is 21.9. The Morgan fingerprint density at radius 1 is 0.970 bits per heavy atom. The van der Waals surface area contributed by atoms with Crippen LogP contribution in [0.25, 0.3) is 28.6 Å². The molecule has 0 saturated heterocycles. The van der Waals surface area contributed by atoms with Gasteiger partial charge in [-0.25, -0.2) is 9.48 Å². The Bertz CT molecular complexity index is 1340. The van der Waals surface area contributed by atoms with E-state index in [2.05, 4.69) is 5.10 Å². The molecule has 0 unspecified atom stereocenters. The Kier molecular flexibility index (Phi) is 6.54. The fourth-order valence-corrected chi connectivity index (χ4v) is 3.70. The Labute approximate surface area is 201 Å². The molecule has 4 aromatic rings. The quantitative estimate of drug-likeness (QED) is 0.310. The van der Waals surface area contributed by atoms with E-state index in [0.29, 0.717) is 21.3 Å². The fourth-order valence-electron chi connectivity index (χ4n) is 3.40. The van der Waals surface area contributed by atoms with Gasteiger partial charge in [-0.2, -0.15) is 5.10 Å². The third kappa shape index (κ3) is 4.95. The zero-order chi connectivity index (χ0) is 23.5. The second-order valence-electron chi connectivity index (χ2n) is 7.42. The number of hydrogen-bond donors (Lipinski definition) is 1. The monoisotopic (exact) mass is 478 g/mol. The van der Waals surface area contributed by atoms with Gasteiger partial charge in [0.1, 0.15) is 5.75 Å². The number of rotatable bonds is 6. The Morgan fingerprint density at radius 2 is 1.67 bits per heavy atom. The average molecular weight is 479 g/mol. The molecule has 1 aromatic heterocycles. The van der Waals surface area contributed by atoms with Gasteiger partial charge < -0.3 is 9.84 Å². The van der Waals surface area contributed by atoms with Gasteiger partial charge in [0.2, 0.25) is 0 Å². The highest BCUT2D eigenvalue weighted by atomic mass is 35.5. The fraction of sp³-hybridized carbons (Fsp3) is 0.0769. The van der Waals surface area contributed by atoms with Gasteiger partial charge in [-0.1, -0.05) is 59.1 Å². The highest BCUT2D eigenvalue weighted by Crippen LogP contribution is 2.31. The zero-order valence-electron chi connectivity index (χ0n) is 17.9. The molecule has 166 valence electrons. The molecule has 1 heterocycles. The van der Waals surface area contributed by atoms with Gasteiger partial charge in [0.25, 0.3) is 0 Å². The van der Waals surface area contributed by atoms with Crippen molar-refractivity contribution in [1.82, 2.24) is 9.78 Å². The largest absolute Gasteiger partial charge is 0.497 e. The van der Waals surface area contributed by atoms with Crippen LogP contribution in [0.4, 0.5) is 0 Å². The molecule has 4 rings (SSSR count). The molecular formula is C26H20Cl2N2O3. The third-order valence-corrected chi connectivity index (χ3v) is 5.88. The van der Waals surface area contributed by atoms with E-state index < -0.39 is 5.97 Å². The lowest BCUT2D eigenvalue weighted by molar-refractivity contribution is -0.130. The summed E-state index contributed by atoms with van der Waals surface area (Å²) < 4.78 is 6.99. The minimum absolute atomic E-state index is 0.148. The molecule has 5 nitrogen and oxygen atoms in total. The van der Waals surface area contributed by atoms with Gasteiger partial charge in [0.05, 0.1) is 39.8 Å². The maximum atomic E-state index is 12.0. The minimum atomic E-state index is -1.03. The van der Waals surface area contributed by atoms with Crippen LogP contribution in [0.3, 0.4) is 0 Å². The van der Waals surface area contributed by atoms with E-state index in [1.807, 2.05) is 55.5 Å². The van der Waals surface area contributed by atoms with Gasteiger partial charge in [-0.05, 0) is 61.0 Å². The number of aryl methyl sites for hydroxylation is 1. The molecule has 3 aromatic carbocycles. The molecule has 0 aliphatic rings. The number of ether oxygens (including phenoxy) is 1. The summed E-state index contributed by atoms with van der Waals surface area (Å²) >= 11 is 12.4. The predicted molar refractivity (Wildman–Crippen MR) is 132 cm³/mol. The molecule has 7 heteroatoms. The summed E-state index contributed by atoms with van der Waals surface area (Å²) in [7, 11) is 1.60. The average Bonchev–Trinajstić information content (AvgIpc) is 3.24. The summed E-state index contributed by atoms with van der Waals surface area (Å²) in [5.74, 6) is -0.316. The SMILES string of the molecule is COc1ccc(-n2nc(/C=C(\C(=O)O)c3ccc(C)cc3)cc2-c2ccc(Cl)c(Cl)c2)cc1. The van der Waals surface area contributed by atoms with E-state index in [1.165, 1.54) is 0 Å². The van der Waals surface area contributed by atoms with Crippen molar-refractivity contribution < 1.29 is 14.6 Å². The van der Waals surface area contributed by atoms with Gasteiger partial charge >= 0.3 is 5.97 Å². The molecule has 0 atom stereocenters. The number of benzene rings is 3. The van der Waals surface area contributed by atoms with Crippen LogP contribution >= 0.6 is 23.2 Å². The number of carboxylic acids is 1. The molecule has 1 N–H and O–H groups in total. The number of hydrogen-bond acceptors (Lipinski definition) is 3. The molecule has 33 heavy (non-hydrogen) atoms. The van der Waals surface area contributed by atoms with Gasteiger partial charge in [-0.3, -0.25) is 0 Å². The lowest BCUT2D eigenvalue weighted by Crippen LogP contribution is -2.01. The molecule has 0 radical (unpaired) electrons. The maximum Gasteiger partial charge on any atom is 0.336 e. The van der Waals surface area contributed by atoms with Crippen LogP contribution in [-0.2, 0) is 4.79 Å². The first-order chi connectivity index (χ1) is 15.9. The van der Waals surface area contributed by atoms with E-state index in [0.717, 1.165) is 28.3 Å². The van der Waals surface area contributed by atoms with Crippen LogP contribution in [-0.4, -0.2) is 28.0 Å². The number of carbonyl (C=O) groups is 1. The number of aromatic nitrogens is 2. The molecule has 0 aliphatic heterocycles. The van der Waals surface area contributed by atoms with Crippen molar-refractivity contribution in [3.63, 3.8) is 0 Å². The number of halogens is 2. The molecular weight excluding hydrogens is 459 g/mol. The Balaban J connectivity index is 1.87. The molecule has 0 bridgehead atoms. The Morgan fingerprint density at radius 3 is 2.27 bits per heavy atom. The zero-order valence-corrected chi connectivity index (χ0v) is 19.4. The lowest BCUT2D eigenvalue weighted by atomic mass is 10.0. The smallest absolute Gasteiger partial charge is 0.336 e. The highest BCUT2D eigenvalue weighted by molar-refractivity contribution is 6.42. The van der Waals surface area contributed by atoms with Gasteiger partial charge in [-0.15, -0.1) is 0 Å². The van der Waals surface area contributed by atoms with Crippen LogP contribution in [0.5, 0.6) is 5.75 Å². The second-order valence-corrected chi connectivity index (χ2v) is 8.24. The first kappa shape index (κ1) is 22.6. The number of methoxy groups -OCH3 is 1. The summed E-state index contributed by atoms with van der Waals surface area (Å²) in [6.07, 6.45) is 1.56. The van der Waals surface area contributed by atoms with E-state index in [4.69, 9.17) is 27.9 Å². The number of aliphatic carboxylic acids is 1. The molecule has 0 fully saturated rings. The predicted octanol–water partition coefficient (Wildman–Crippen LogP) is 6.79. The molecule has 0 amide bonds. The van der Waals surface area contributed by atoms with Crippen molar-refractivity contribution in [1.29, 1.82) is 0 Å². The van der Waals surface area contributed by atoms with Crippen molar-refractivity contribution in [3.05, 3.63) is 99.7 Å². The van der Waals surface area contributed by atoms with Crippen LogP contribution in [0.2, 0.25) is 10.0 Å². The number of nitrogens with zero attached hydrogens (tertiary/aromatic N) is 2. The highest BCUT2D eigenvalue weighted by Gasteiger charge is 2.16. The maximum absolute atomic E-state index is 12.0. The number of carboxylic acid groups (broad SMARTS) is 1. The second kappa shape index (κ2) is 9.53. The normalized spacial score (nSPS) is 11.5. The summed E-state index contributed by atoms with van der Waals surface area (Å²) in [4.78, 5) is 12.0. The third-order valence-electron chi connectivity index (χ3n) is 5.15. The van der Waals surface area contributed by atoms with Crippen molar-refractivity contribution in [2.45, 2.75) is 6.92 Å². The van der Waals surface area contributed by atoms with Gasteiger partial charge in [0, 0.05) is 5.56 Å². The summed E-state index contributed by atoms with van der Waals surface area (Å²) in [5.41, 5.74) is 4.60. The van der Waals surface area contributed by atoms with E-state index in [1.54, 1.807) is 42.1 Å². The van der Waals surface area contributed by atoms with E-state index >= 15 is 0 Å². The van der Waals surface area contributed by atoms with Crippen LogP contribution in [0, 0.1) is 6.92 Å². The van der Waals surface area contributed by atoms with Gasteiger partial charge in [0.15, 0.2) is 0 Å².